The van der Waals surface area contributed by atoms with Crippen LogP contribution >= 0.6 is 11.8 Å². The number of carbonyl (C=O) groups is 3. The van der Waals surface area contributed by atoms with Crippen LogP contribution in [0.2, 0.25) is 0 Å². The van der Waals surface area contributed by atoms with E-state index in [0.717, 1.165) is 16.0 Å². The molecule has 0 aliphatic heterocycles. The van der Waals surface area contributed by atoms with Gasteiger partial charge in [0.1, 0.15) is 10.9 Å². The van der Waals surface area contributed by atoms with Gasteiger partial charge in [-0.25, -0.2) is 0 Å². The number of nitrogens with one attached hydrogen (secondary N) is 3. The summed E-state index contributed by atoms with van der Waals surface area (Å²) >= 11 is 1.40. The summed E-state index contributed by atoms with van der Waals surface area (Å²) in [4.78, 5) is 44.3. The second-order valence-corrected chi connectivity index (χ2v) is 10.6. The fourth-order valence-corrected chi connectivity index (χ4v) is 5.18. The van der Waals surface area contributed by atoms with Crippen LogP contribution in [-0.2, 0) is 9.59 Å². The molecule has 0 saturated carbocycles. The van der Waals surface area contributed by atoms with Crippen molar-refractivity contribution in [2.75, 3.05) is 10.6 Å². The minimum Gasteiger partial charge on any atom is -0.325 e. The van der Waals surface area contributed by atoms with Gasteiger partial charge in [-0.15, -0.1) is 11.8 Å². The Kier molecular flexibility index (Phi) is 9.74. The molecule has 8 heteroatoms. The number of rotatable bonds is 10. The Morgan fingerprint density at radius 2 is 1.23 bits per heavy atom. The molecule has 0 aliphatic rings. The number of anilines is 2. The third-order valence-electron chi connectivity index (χ3n) is 6.29. The number of hydrogen-bond acceptors (Lipinski definition) is 5. The number of pyridine rings is 1. The lowest BCUT2D eigenvalue weighted by Gasteiger charge is -2.17. The highest BCUT2D eigenvalue weighted by Crippen LogP contribution is 2.36. The highest BCUT2D eigenvalue weighted by molar-refractivity contribution is 8.00. The van der Waals surface area contributed by atoms with Crippen LogP contribution in [-0.4, -0.2) is 22.7 Å². The number of thioether (sulfide) groups is 1. The van der Waals surface area contributed by atoms with Crippen molar-refractivity contribution in [3.63, 3.8) is 0 Å². The lowest BCUT2D eigenvalue weighted by molar-refractivity contribution is -0.116. The van der Waals surface area contributed by atoms with Gasteiger partial charge in [0.15, 0.2) is 0 Å². The molecule has 0 fully saturated rings. The summed E-state index contributed by atoms with van der Waals surface area (Å²) in [6.45, 7) is 0. The summed E-state index contributed by atoms with van der Waals surface area (Å²) < 4.78 is 0. The van der Waals surface area contributed by atoms with E-state index in [9.17, 15) is 14.4 Å². The van der Waals surface area contributed by atoms with Gasteiger partial charge in [-0.3, -0.25) is 19.4 Å². The predicted molar refractivity (Wildman–Crippen MR) is 171 cm³/mol. The minimum absolute atomic E-state index is 0.107. The van der Waals surface area contributed by atoms with Gasteiger partial charge in [-0.2, -0.15) is 0 Å². The Morgan fingerprint density at radius 3 is 1.88 bits per heavy atom. The Hall–Kier alpha value is -5.47. The molecule has 3 amide bonds. The third kappa shape index (κ3) is 8.28. The quantitative estimate of drug-likeness (QED) is 0.122. The second kappa shape index (κ2) is 14.4. The van der Waals surface area contributed by atoms with E-state index < -0.39 is 11.2 Å². The van der Waals surface area contributed by atoms with Crippen molar-refractivity contribution < 1.29 is 14.4 Å². The summed E-state index contributed by atoms with van der Waals surface area (Å²) in [6.07, 6.45) is 4.88. The van der Waals surface area contributed by atoms with Gasteiger partial charge in [-0.1, -0.05) is 78.9 Å². The summed E-state index contributed by atoms with van der Waals surface area (Å²) in [7, 11) is 0. The second-order valence-electron chi connectivity index (χ2n) is 9.40. The first-order valence-electron chi connectivity index (χ1n) is 13.5. The van der Waals surface area contributed by atoms with E-state index in [4.69, 9.17) is 0 Å². The fraction of sp³-hybridized carbons (Fsp3) is 0.0286. The van der Waals surface area contributed by atoms with Crippen LogP contribution in [0.15, 0.2) is 150 Å². The van der Waals surface area contributed by atoms with Gasteiger partial charge in [0.05, 0.1) is 0 Å². The molecule has 0 spiro atoms. The maximum Gasteiger partial charge on any atom is 0.272 e. The molecule has 5 aromatic rings. The van der Waals surface area contributed by atoms with Crippen LogP contribution in [0.25, 0.3) is 6.08 Å². The SMILES string of the molecule is O=C(Nc1ccc(SC(C(=O)Nc2ccncc2)c2ccccc2)cc1)/C(=C/c1ccccc1)NC(=O)c1ccccc1. The smallest absolute Gasteiger partial charge is 0.272 e. The monoisotopic (exact) mass is 584 g/mol. The van der Waals surface area contributed by atoms with Crippen molar-refractivity contribution in [1.82, 2.24) is 10.3 Å². The van der Waals surface area contributed by atoms with Gasteiger partial charge in [-0.05, 0) is 65.7 Å². The molecule has 0 radical (unpaired) electrons. The molecule has 1 atom stereocenters. The van der Waals surface area contributed by atoms with Gasteiger partial charge >= 0.3 is 0 Å². The topological polar surface area (TPSA) is 100 Å². The van der Waals surface area contributed by atoms with Crippen LogP contribution in [0.3, 0.4) is 0 Å². The lowest BCUT2D eigenvalue weighted by Crippen LogP contribution is -2.30. The largest absolute Gasteiger partial charge is 0.325 e. The first-order chi connectivity index (χ1) is 21.0. The van der Waals surface area contributed by atoms with Crippen molar-refractivity contribution in [1.29, 1.82) is 0 Å². The van der Waals surface area contributed by atoms with Crippen LogP contribution in [0, 0.1) is 0 Å². The molecule has 4 aromatic carbocycles. The number of carbonyl (C=O) groups excluding carboxylic acids is 3. The molecular weight excluding hydrogens is 556 g/mol. The molecule has 43 heavy (non-hydrogen) atoms. The van der Waals surface area contributed by atoms with Crippen molar-refractivity contribution in [2.24, 2.45) is 0 Å². The van der Waals surface area contributed by atoms with Gasteiger partial charge < -0.3 is 16.0 Å². The summed E-state index contributed by atoms with van der Waals surface area (Å²) in [5.41, 5.74) is 3.39. The highest BCUT2D eigenvalue weighted by atomic mass is 32.2. The summed E-state index contributed by atoms with van der Waals surface area (Å²) in [5, 5.41) is 8.07. The molecule has 0 bridgehead atoms. The van der Waals surface area contributed by atoms with E-state index >= 15 is 0 Å². The van der Waals surface area contributed by atoms with Crippen LogP contribution < -0.4 is 16.0 Å². The summed E-state index contributed by atoms with van der Waals surface area (Å²) in [6, 6.07) is 38.3. The van der Waals surface area contributed by atoms with Crippen molar-refractivity contribution >= 4 is 46.9 Å². The number of hydrogen-bond donors (Lipinski definition) is 3. The average molecular weight is 585 g/mol. The van der Waals surface area contributed by atoms with E-state index in [2.05, 4.69) is 20.9 Å². The number of amides is 3. The zero-order valence-electron chi connectivity index (χ0n) is 23.0. The van der Waals surface area contributed by atoms with Crippen LogP contribution in [0.1, 0.15) is 26.7 Å². The Bertz CT molecular complexity index is 1700. The predicted octanol–water partition coefficient (Wildman–Crippen LogP) is 6.96. The van der Waals surface area contributed by atoms with E-state index in [1.807, 2.05) is 78.9 Å². The van der Waals surface area contributed by atoms with Crippen LogP contribution in [0.4, 0.5) is 11.4 Å². The molecule has 1 heterocycles. The number of benzene rings is 4. The summed E-state index contributed by atoms with van der Waals surface area (Å²) in [5.74, 6) is -1.02. The molecule has 212 valence electrons. The number of aromatic nitrogens is 1. The van der Waals surface area contributed by atoms with Crippen LogP contribution in [0.5, 0.6) is 0 Å². The standard InChI is InChI=1S/C35H28N4O3S/c40-33(27-14-8-3-9-15-27)39-31(24-25-10-4-1-5-11-25)34(41)37-28-16-18-30(19-17-28)43-32(26-12-6-2-7-13-26)35(42)38-29-20-22-36-23-21-29/h1-24,32H,(H,37,41)(H,39,40)(H,36,38,42)/b31-24-. The lowest BCUT2D eigenvalue weighted by atomic mass is 10.1. The zero-order chi connectivity index (χ0) is 29.9. The van der Waals surface area contributed by atoms with Crippen molar-refractivity contribution in [3.05, 3.63) is 162 Å². The first-order valence-corrected chi connectivity index (χ1v) is 14.4. The first kappa shape index (κ1) is 29.0. The number of nitrogens with zero attached hydrogens (tertiary/aromatic N) is 1. The maximum atomic E-state index is 13.3. The van der Waals surface area contributed by atoms with Gasteiger partial charge in [0, 0.05) is 34.2 Å². The van der Waals surface area contributed by atoms with Crippen molar-refractivity contribution in [3.8, 4) is 0 Å². The van der Waals surface area contributed by atoms with E-state index in [1.165, 1.54) is 11.8 Å². The molecule has 3 N–H and O–H groups in total. The Morgan fingerprint density at radius 1 is 0.651 bits per heavy atom. The van der Waals surface area contributed by atoms with Crippen molar-refractivity contribution in [2.45, 2.75) is 10.1 Å². The van der Waals surface area contributed by atoms with E-state index in [1.54, 1.807) is 67.0 Å². The van der Waals surface area contributed by atoms with E-state index in [-0.39, 0.29) is 17.5 Å². The Labute approximate surface area is 254 Å². The average Bonchev–Trinajstić information content (AvgIpc) is 3.05. The third-order valence-corrected chi connectivity index (χ3v) is 7.56. The van der Waals surface area contributed by atoms with E-state index in [0.29, 0.717) is 16.9 Å². The maximum absolute atomic E-state index is 13.3. The fourth-order valence-electron chi connectivity index (χ4n) is 4.15. The molecule has 5 rings (SSSR count). The van der Waals surface area contributed by atoms with Gasteiger partial charge in [0.25, 0.3) is 11.8 Å². The minimum atomic E-state index is -0.511. The van der Waals surface area contributed by atoms with Gasteiger partial charge in [0.2, 0.25) is 5.91 Å². The Balaban J connectivity index is 1.31. The molecule has 0 aliphatic carbocycles. The molecular formula is C35H28N4O3S. The zero-order valence-corrected chi connectivity index (χ0v) is 23.8. The normalized spacial score (nSPS) is 11.7. The highest BCUT2D eigenvalue weighted by Gasteiger charge is 2.22. The molecule has 1 aromatic heterocycles. The molecule has 0 saturated heterocycles. The molecule has 7 nitrogen and oxygen atoms in total. The molecule has 1 unspecified atom stereocenters.